The highest BCUT2D eigenvalue weighted by molar-refractivity contribution is 7.14. The number of nitrogens with zero attached hydrogens (tertiary/aromatic N) is 3. The van der Waals surface area contributed by atoms with Crippen molar-refractivity contribution in [2.75, 3.05) is 44.1 Å². The summed E-state index contributed by atoms with van der Waals surface area (Å²) in [5.41, 5.74) is 1.27. The minimum Gasteiger partial charge on any atom is -0.478 e. The number of anilines is 2. The quantitative estimate of drug-likeness (QED) is 0.132. The summed E-state index contributed by atoms with van der Waals surface area (Å²) in [7, 11) is 1.74. The molecule has 1 aliphatic heterocycles. The van der Waals surface area contributed by atoms with E-state index in [4.69, 9.17) is 46.5 Å². The number of rotatable bonds is 14. The Morgan fingerprint density at radius 1 is 1.04 bits per heavy atom. The second-order valence-electron chi connectivity index (χ2n) is 11.7. The number of aromatic nitrogens is 2. The molecule has 0 radical (unpaired) electrons. The zero-order valence-electron chi connectivity index (χ0n) is 28.2. The summed E-state index contributed by atoms with van der Waals surface area (Å²) in [5, 5.41) is 54.9. The summed E-state index contributed by atoms with van der Waals surface area (Å²) in [6, 6.07) is 5.77. The highest BCUT2D eigenvalue weighted by Gasteiger charge is 2.33. The van der Waals surface area contributed by atoms with Crippen molar-refractivity contribution in [2.45, 2.75) is 63.6 Å². The number of methoxy groups -OCH3 is 1. The largest absolute Gasteiger partial charge is 0.478 e. The van der Waals surface area contributed by atoms with Crippen LogP contribution in [0.2, 0.25) is 5.02 Å². The Hall–Kier alpha value is -4.60. The lowest BCUT2D eigenvalue weighted by Gasteiger charge is -2.31. The van der Waals surface area contributed by atoms with Crippen LogP contribution in [0, 0.1) is 16.7 Å². The first-order valence-corrected chi connectivity index (χ1v) is 17.1. The smallest absolute Gasteiger partial charge is 0.328 e. The standard InChI is InChI=1S/C25H35ClN6O2S.2C4H4O4/c1-17(13-33-2)30-18-3-5-19(6-4-18)31-23-11-20(21(26)12-28-23)22-14-35-24(32-22)29-16-25(15-27)7-9-34-10-8-25;2*5-3(6)1-2-4(7)8/h11-12,14,17-19,30H,3-10,13,16H2,1-2H3,(H,28,31)(H,29,32);2*1-2H,(H,5,6)(H,7,8)/b;2*2-1-/t17-,18?,19?;;/m1../s1. The number of ether oxygens (including phenoxy) is 2. The Bertz CT molecular complexity index is 1480. The minimum absolute atomic E-state index is 0.370. The van der Waals surface area contributed by atoms with E-state index in [1.807, 2.05) is 11.4 Å². The van der Waals surface area contributed by atoms with Crippen molar-refractivity contribution in [3.63, 3.8) is 0 Å². The molecule has 0 bridgehead atoms. The first-order chi connectivity index (χ1) is 24.3. The first-order valence-electron chi connectivity index (χ1n) is 15.9. The van der Waals surface area contributed by atoms with E-state index >= 15 is 0 Å². The third kappa shape index (κ3) is 16.8. The van der Waals surface area contributed by atoms with Gasteiger partial charge < -0.3 is 45.9 Å². The normalized spacial score (nSPS) is 18.6. The number of carbonyl (C=O) groups is 4. The van der Waals surface area contributed by atoms with Crippen LogP contribution in [0.4, 0.5) is 10.9 Å². The van der Waals surface area contributed by atoms with Crippen LogP contribution in [-0.2, 0) is 28.7 Å². The van der Waals surface area contributed by atoms with Crippen LogP contribution >= 0.6 is 22.9 Å². The van der Waals surface area contributed by atoms with Crippen molar-refractivity contribution in [3.05, 3.63) is 47.0 Å². The van der Waals surface area contributed by atoms with Gasteiger partial charge in [0.1, 0.15) is 5.82 Å². The molecule has 51 heavy (non-hydrogen) atoms. The van der Waals surface area contributed by atoms with Gasteiger partial charge in [-0.3, -0.25) is 0 Å². The maximum Gasteiger partial charge on any atom is 0.328 e. The van der Waals surface area contributed by atoms with Crippen molar-refractivity contribution in [1.29, 1.82) is 5.26 Å². The zero-order valence-corrected chi connectivity index (χ0v) is 29.8. The molecule has 7 N–H and O–H groups in total. The number of aliphatic carboxylic acids is 4. The van der Waals surface area contributed by atoms with Crippen molar-refractivity contribution >= 4 is 57.8 Å². The average molecular weight is 751 g/mol. The lowest BCUT2D eigenvalue weighted by Crippen LogP contribution is -2.42. The van der Waals surface area contributed by atoms with Gasteiger partial charge in [0.05, 0.1) is 28.8 Å². The monoisotopic (exact) mass is 750 g/mol. The van der Waals surface area contributed by atoms with E-state index in [-0.39, 0.29) is 0 Å². The molecule has 1 aliphatic carbocycles. The number of hydrogen-bond donors (Lipinski definition) is 7. The molecule has 1 atom stereocenters. The average Bonchev–Trinajstić information content (AvgIpc) is 3.57. The van der Waals surface area contributed by atoms with Gasteiger partial charge in [0.15, 0.2) is 5.13 Å². The molecule has 2 aromatic heterocycles. The number of halogens is 1. The van der Waals surface area contributed by atoms with E-state index in [0.717, 1.165) is 67.3 Å². The van der Waals surface area contributed by atoms with E-state index in [1.54, 1.807) is 13.3 Å². The minimum atomic E-state index is -1.26. The molecule has 278 valence electrons. The van der Waals surface area contributed by atoms with Gasteiger partial charge in [-0.2, -0.15) is 5.26 Å². The van der Waals surface area contributed by atoms with Gasteiger partial charge in [0.2, 0.25) is 0 Å². The third-order valence-electron chi connectivity index (χ3n) is 7.65. The third-order valence-corrected chi connectivity index (χ3v) is 8.75. The van der Waals surface area contributed by atoms with Crippen molar-refractivity contribution < 1.29 is 49.1 Å². The van der Waals surface area contributed by atoms with Crippen LogP contribution < -0.4 is 16.0 Å². The van der Waals surface area contributed by atoms with Crippen LogP contribution in [0.1, 0.15) is 45.4 Å². The molecule has 0 aromatic carbocycles. The predicted octanol–water partition coefficient (Wildman–Crippen LogP) is 4.36. The molecule has 16 nitrogen and oxygen atoms in total. The van der Waals surface area contributed by atoms with Gasteiger partial charge in [-0.25, -0.2) is 29.1 Å². The van der Waals surface area contributed by atoms with Gasteiger partial charge in [-0.1, -0.05) is 11.6 Å². The van der Waals surface area contributed by atoms with Gasteiger partial charge in [-0.05, 0) is 51.5 Å². The molecule has 18 heteroatoms. The van der Waals surface area contributed by atoms with E-state index in [0.29, 0.717) is 67.2 Å². The molecule has 2 aliphatic rings. The number of nitrogens with one attached hydrogen (secondary N) is 3. The van der Waals surface area contributed by atoms with Crippen LogP contribution in [-0.4, -0.2) is 106 Å². The maximum absolute atomic E-state index is 9.68. The number of carboxylic acid groups (broad SMARTS) is 4. The Morgan fingerprint density at radius 2 is 1.59 bits per heavy atom. The summed E-state index contributed by atoms with van der Waals surface area (Å²) < 4.78 is 10.7. The van der Waals surface area contributed by atoms with Gasteiger partial charge in [0.25, 0.3) is 0 Å². The Kier molecular flexibility index (Phi) is 18.6. The molecule has 0 unspecified atom stereocenters. The lowest BCUT2D eigenvalue weighted by atomic mass is 9.82. The summed E-state index contributed by atoms with van der Waals surface area (Å²) in [5.74, 6) is -4.21. The van der Waals surface area contributed by atoms with Crippen LogP contribution in [0.25, 0.3) is 11.3 Å². The Balaban J connectivity index is 0.000000468. The van der Waals surface area contributed by atoms with Crippen LogP contribution in [0.3, 0.4) is 0 Å². The molecule has 3 heterocycles. The highest BCUT2D eigenvalue weighted by Crippen LogP contribution is 2.34. The second kappa shape index (κ2) is 22.3. The fraction of sp³-hybridized carbons (Fsp3) is 0.485. The SMILES string of the molecule is COC[C@@H](C)NC1CCC(Nc2cc(-c3csc(NCC4(C#N)CCOCC4)n3)c(Cl)cn2)CC1.O=C(O)/C=C\C(=O)O.O=C(O)/C=C\C(=O)O. The van der Waals surface area contributed by atoms with E-state index < -0.39 is 29.3 Å². The molecular formula is C33H43ClN6O10S. The summed E-state index contributed by atoms with van der Waals surface area (Å²) in [4.78, 5) is 47.5. The number of nitriles is 1. The van der Waals surface area contributed by atoms with E-state index in [9.17, 15) is 24.4 Å². The highest BCUT2D eigenvalue weighted by atomic mass is 35.5. The molecular weight excluding hydrogens is 708 g/mol. The van der Waals surface area contributed by atoms with Crippen molar-refractivity contribution in [3.8, 4) is 17.3 Å². The van der Waals surface area contributed by atoms with Gasteiger partial charge >= 0.3 is 23.9 Å². The second-order valence-corrected chi connectivity index (χ2v) is 12.9. The van der Waals surface area contributed by atoms with Crippen LogP contribution in [0.15, 0.2) is 41.9 Å². The van der Waals surface area contributed by atoms with Crippen LogP contribution in [0.5, 0.6) is 0 Å². The zero-order chi connectivity index (χ0) is 37.8. The van der Waals surface area contributed by atoms with E-state index in [1.165, 1.54) is 11.3 Å². The summed E-state index contributed by atoms with van der Waals surface area (Å²) >= 11 is 8.02. The molecule has 1 saturated heterocycles. The Labute approximate surface area is 304 Å². The number of carboxylic acids is 4. The lowest BCUT2D eigenvalue weighted by molar-refractivity contribution is -0.134. The Morgan fingerprint density at radius 3 is 2.10 bits per heavy atom. The fourth-order valence-corrected chi connectivity index (χ4v) is 6.04. The molecule has 2 fully saturated rings. The summed E-state index contributed by atoms with van der Waals surface area (Å²) in [6.07, 6.45) is 9.84. The maximum atomic E-state index is 9.68. The molecule has 4 rings (SSSR count). The van der Waals surface area contributed by atoms with Gasteiger partial charge in [0, 0.05) is 86.4 Å². The van der Waals surface area contributed by atoms with Crippen molar-refractivity contribution in [2.24, 2.45) is 5.41 Å². The molecule has 0 amide bonds. The number of hydrogen-bond acceptors (Lipinski definition) is 13. The predicted molar refractivity (Wildman–Crippen MR) is 190 cm³/mol. The topological polar surface area (TPSA) is 253 Å². The number of thiazole rings is 1. The van der Waals surface area contributed by atoms with Crippen molar-refractivity contribution in [1.82, 2.24) is 15.3 Å². The molecule has 0 spiro atoms. The molecule has 2 aromatic rings. The van der Waals surface area contributed by atoms with E-state index in [2.05, 4.69) is 33.9 Å². The summed E-state index contributed by atoms with van der Waals surface area (Å²) in [6.45, 7) is 4.73. The molecule has 1 saturated carbocycles. The first kappa shape index (κ1) is 42.6. The number of pyridine rings is 1. The van der Waals surface area contributed by atoms with Gasteiger partial charge in [-0.15, -0.1) is 11.3 Å². The fourth-order valence-electron chi connectivity index (χ4n) is 5.13.